The number of amides is 2. The van der Waals surface area contributed by atoms with Crippen molar-refractivity contribution in [3.05, 3.63) is 46.5 Å². The average Bonchev–Trinajstić information content (AvgIpc) is 2.81. The van der Waals surface area contributed by atoms with Crippen LogP contribution in [0.2, 0.25) is 0 Å². The SMILES string of the molecule is CC(C)N(C(=O)SC/C(Cl)=C/Cl)C(C)C.CCC(C)N(C(=O)SCc1ccccc1)C(C)CC. The van der Waals surface area contributed by atoms with Crippen molar-refractivity contribution in [2.45, 2.75) is 98.2 Å². The number of thioether (sulfide) groups is 2. The van der Waals surface area contributed by atoms with Crippen LogP contribution in [0, 0.1) is 0 Å². The molecule has 0 radical (unpaired) electrons. The number of nitrogens with zero attached hydrogens (tertiary/aromatic N) is 2. The zero-order chi connectivity index (χ0) is 26.3. The Hall–Kier alpha value is -0.820. The molecule has 0 saturated heterocycles. The van der Waals surface area contributed by atoms with E-state index in [0.29, 0.717) is 22.9 Å². The maximum absolute atomic E-state index is 12.4. The van der Waals surface area contributed by atoms with Gasteiger partial charge in [0.15, 0.2) is 0 Å². The summed E-state index contributed by atoms with van der Waals surface area (Å²) in [5.41, 5.74) is 2.49. The van der Waals surface area contributed by atoms with Crippen LogP contribution >= 0.6 is 46.7 Å². The molecule has 0 fully saturated rings. The Balaban J connectivity index is 0.000000661. The molecule has 2 amide bonds. The molecule has 0 aliphatic carbocycles. The van der Waals surface area contributed by atoms with Crippen molar-refractivity contribution >= 4 is 57.2 Å². The second-order valence-corrected chi connectivity index (χ2v) is 11.2. The van der Waals surface area contributed by atoms with Gasteiger partial charge in [0.25, 0.3) is 10.5 Å². The molecular formula is C26H42Cl2N2O2S2. The molecule has 4 nitrogen and oxygen atoms in total. The molecule has 0 bridgehead atoms. The van der Waals surface area contributed by atoms with E-state index >= 15 is 0 Å². The highest BCUT2D eigenvalue weighted by Gasteiger charge is 2.23. The van der Waals surface area contributed by atoms with E-state index < -0.39 is 0 Å². The Bertz CT molecular complexity index is 728. The Morgan fingerprint density at radius 1 is 0.853 bits per heavy atom. The van der Waals surface area contributed by atoms with Gasteiger partial charge >= 0.3 is 0 Å². The fraction of sp³-hybridized carbons (Fsp3) is 0.615. The second-order valence-electron chi connectivity index (χ2n) is 8.67. The number of rotatable bonds is 10. The van der Waals surface area contributed by atoms with Gasteiger partial charge < -0.3 is 9.80 Å². The third kappa shape index (κ3) is 12.8. The summed E-state index contributed by atoms with van der Waals surface area (Å²) in [5.74, 6) is 1.18. The van der Waals surface area contributed by atoms with Crippen LogP contribution in [0.1, 0.15) is 73.8 Å². The number of benzene rings is 1. The molecule has 8 heteroatoms. The van der Waals surface area contributed by atoms with Crippen LogP contribution in [0.15, 0.2) is 40.9 Å². The quantitative estimate of drug-likeness (QED) is 0.292. The Morgan fingerprint density at radius 3 is 1.74 bits per heavy atom. The summed E-state index contributed by atoms with van der Waals surface area (Å²) in [6.45, 7) is 16.5. The third-order valence-corrected chi connectivity index (χ3v) is 7.95. The second kappa shape index (κ2) is 18.4. The molecule has 1 rings (SSSR count). The summed E-state index contributed by atoms with van der Waals surface area (Å²) in [5, 5.41) is 0.728. The van der Waals surface area contributed by atoms with E-state index in [4.69, 9.17) is 23.2 Å². The first-order valence-corrected chi connectivity index (χ1v) is 14.7. The molecule has 0 spiro atoms. The van der Waals surface area contributed by atoms with Gasteiger partial charge in [0.1, 0.15) is 0 Å². The number of hydrogen-bond donors (Lipinski definition) is 0. The van der Waals surface area contributed by atoms with E-state index in [0.717, 1.165) is 18.6 Å². The van der Waals surface area contributed by atoms with Gasteiger partial charge in [-0.15, -0.1) is 0 Å². The van der Waals surface area contributed by atoms with E-state index in [-0.39, 0.29) is 22.6 Å². The van der Waals surface area contributed by atoms with Crippen molar-refractivity contribution in [1.29, 1.82) is 0 Å². The van der Waals surface area contributed by atoms with Gasteiger partial charge in [-0.05, 0) is 59.9 Å². The standard InChI is InChI=1S/C16H25NOS.C10H17Cl2NOS/c1-5-13(3)17(14(4)6-2)16(18)19-12-15-10-8-7-9-11-15;1-7(2)13(8(3)4)10(14)15-6-9(12)5-11/h7-11,13-14H,5-6,12H2,1-4H3;5,7-8H,6H2,1-4H3/b;9-5-. The number of carbonyl (C=O) groups excluding carboxylic acids is 2. The van der Waals surface area contributed by atoms with Gasteiger partial charge in [-0.2, -0.15) is 0 Å². The predicted octanol–water partition coefficient (Wildman–Crippen LogP) is 9.22. The van der Waals surface area contributed by atoms with Crippen LogP contribution in [0.5, 0.6) is 0 Å². The normalized spacial score (nSPS) is 13.2. The van der Waals surface area contributed by atoms with E-state index in [1.54, 1.807) is 0 Å². The highest BCUT2D eigenvalue weighted by Crippen LogP contribution is 2.22. The minimum atomic E-state index is 0.0386. The first kappa shape index (κ1) is 33.2. The number of carbonyl (C=O) groups is 2. The van der Waals surface area contributed by atoms with Crippen LogP contribution in [-0.4, -0.2) is 50.2 Å². The minimum Gasteiger partial charge on any atom is -0.329 e. The molecule has 1 aromatic carbocycles. The van der Waals surface area contributed by atoms with Crippen LogP contribution in [0.4, 0.5) is 9.59 Å². The lowest BCUT2D eigenvalue weighted by atomic mass is 10.1. The van der Waals surface area contributed by atoms with E-state index in [2.05, 4.69) is 39.8 Å². The van der Waals surface area contributed by atoms with Crippen LogP contribution in [0.3, 0.4) is 0 Å². The summed E-state index contributed by atoms with van der Waals surface area (Å²) < 4.78 is 0. The highest BCUT2D eigenvalue weighted by molar-refractivity contribution is 8.13. The molecule has 0 heterocycles. The predicted molar refractivity (Wildman–Crippen MR) is 154 cm³/mol. The molecule has 0 aliphatic heterocycles. The van der Waals surface area contributed by atoms with E-state index in [9.17, 15) is 9.59 Å². The van der Waals surface area contributed by atoms with Gasteiger partial charge in [-0.25, -0.2) is 0 Å². The molecule has 0 saturated carbocycles. The molecule has 0 N–H and O–H groups in total. The van der Waals surface area contributed by atoms with Crippen LogP contribution in [0.25, 0.3) is 0 Å². The van der Waals surface area contributed by atoms with Gasteiger partial charge in [0.2, 0.25) is 0 Å². The third-order valence-electron chi connectivity index (χ3n) is 5.32. The molecule has 0 aromatic heterocycles. The van der Waals surface area contributed by atoms with Crippen molar-refractivity contribution in [3.8, 4) is 0 Å². The van der Waals surface area contributed by atoms with Crippen LogP contribution < -0.4 is 0 Å². The smallest absolute Gasteiger partial charge is 0.282 e. The molecule has 34 heavy (non-hydrogen) atoms. The summed E-state index contributed by atoms with van der Waals surface area (Å²) in [4.78, 5) is 28.1. The van der Waals surface area contributed by atoms with Gasteiger partial charge in [-0.1, -0.05) is 90.9 Å². The molecule has 2 atom stereocenters. The first-order chi connectivity index (χ1) is 16.0. The largest absolute Gasteiger partial charge is 0.329 e. The van der Waals surface area contributed by atoms with E-state index in [1.807, 2.05) is 55.7 Å². The minimum absolute atomic E-state index is 0.0386. The molecule has 0 aliphatic rings. The summed E-state index contributed by atoms with van der Waals surface area (Å²) in [6, 6.07) is 11.2. The molecule has 194 valence electrons. The van der Waals surface area contributed by atoms with Gasteiger partial charge in [0.05, 0.1) is 0 Å². The summed E-state index contributed by atoms with van der Waals surface area (Å²) >= 11 is 13.7. The van der Waals surface area contributed by atoms with E-state index in [1.165, 1.54) is 34.6 Å². The fourth-order valence-electron chi connectivity index (χ4n) is 3.24. The maximum atomic E-state index is 12.4. The Labute approximate surface area is 226 Å². The molecule has 1 aromatic rings. The number of hydrogen-bond acceptors (Lipinski definition) is 4. The monoisotopic (exact) mass is 548 g/mol. The van der Waals surface area contributed by atoms with Gasteiger partial charge in [-0.3, -0.25) is 9.59 Å². The summed E-state index contributed by atoms with van der Waals surface area (Å²) in [6.07, 6.45) is 2.00. The lowest BCUT2D eigenvalue weighted by Crippen LogP contribution is -2.42. The maximum Gasteiger partial charge on any atom is 0.282 e. The Kier molecular flexibility index (Phi) is 18.0. The van der Waals surface area contributed by atoms with Crippen molar-refractivity contribution in [2.75, 3.05) is 5.75 Å². The average molecular weight is 550 g/mol. The van der Waals surface area contributed by atoms with Crippen molar-refractivity contribution < 1.29 is 9.59 Å². The Morgan fingerprint density at radius 2 is 1.32 bits per heavy atom. The molecule has 2 unspecified atom stereocenters. The first-order valence-electron chi connectivity index (χ1n) is 11.9. The number of halogens is 2. The van der Waals surface area contributed by atoms with Gasteiger partial charge in [0, 0.05) is 46.2 Å². The topological polar surface area (TPSA) is 40.6 Å². The lowest BCUT2D eigenvalue weighted by molar-refractivity contribution is 0.173. The molecular weight excluding hydrogens is 507 g/mol. The highest BCUT2D eigenvalue weighted by atomic mass is 35.5. The van der Waals surface area contributed by atoms with Crippen molar-refractivity contribution in [2.24, 2.45) is 0 Å². The van der Waals surface area contributed by atoms with Crippen molar-refractivity contribution in [1.82, 2.24) is 9.80 Å². The summed E-state index contributed by atoms with van der Waals surface area (Å²) in [7, 11) is 0. The fourth-order valence-corrected chi connectivity index (χ4v) is 5.48. The zero-order valence-corrected chi connectivity index (χ0v) is 25.0. The van der Waals surface area contributed by atoms with Crippen molar-refractivity contribution in [3.63, 3.8) is 0 Å². The lowest BCUT2D eigenvalue weighted by Gasteiger charge is -2.33. The van der Waals surface area contributed by atoms with Crippen LogP contribution in [-0.2, 0) is 5.75 Å². The zero-order valence-electron chi connectivity index (χ0n) is 21.9.